The predicted octanol–water partition coefficient (Wildman–Crippen LogP) is 4.86. The van der Waals surface area contributed by atoms with E-state index in [1.54, 1.807) is 60.7 Å². The first-order valence-corrected chi connectivity index (χ1v) is 14.7. The van der Waals surface area contributed by atoms with Crippen molar-refractivity contribution in [1.29, 1.82) is 0 Å². The number of carbonyl (C=O) groups is 1. The van der Waals surface area contributed by atoms with E-state index >= 15 is 0 Å². The van der Waals surface area contributed by atoms with E-state index in [0.717, 1.165) is 5.56 Å². The molecule has 0 unspecified atom stereocenters. The summed E-state index contributed by atoms with van der Waals surface area (Å²) in [6.45, 7) is 1.85. The predicted molar refractivity (Wildman–Crippen MR) is 140 cm³/mol. The summed E-state index contributed by atoms with van der Waals surface area (Å²) in [5.74, 6) is -0.419. The zero-order chi connectivity index (χ0) is 26.3. The van der Waals surface area contributed by atoms with Gasteiger partial charge in [-0.05, 0) is 48.4 Å². The van der Waals surface area contributed by atoms with Crippen LogP contribution in [0.4, 0.5) is 0 Å². The Bertz CT molecular complexity index is 1600. The molecule has 4 aromatic carbocycles. The van der Waals surface area contributed by atoms with Crippen molar-refractivity contribution >= 4 is 25.6 Å². The van der Waals surface area contributed by atoms with Gasteiger partial charge in [0, 0.05) is 12.0 Å². The molecule has 1 aliphatic heterocycles. The molecule has 0 N–H and O–H groups in total. The molecule has 6 nitrogen and oxygen atoms in total. The summed E-state index contributed by atoms with van der Waals surface area (Å²) in [6.07, 6.45) is -0.555. The highest BCUT2D eigenvalue weighted by Crippen LogP contribution is 2.50. The second-order valence-corrected chi connectivity index (χ2v) is 13.6. The molecule has 0 saturated carbocycles. The van der Waals surface area contributed by atoms with Crippen molar-refractivity contribution in [3.8, 4) is 5.75 Å². The van der Waals surface area contributed by atoms with E-state index < -0.39 is 42.1 Å². The van der Waals surface area contributed by atoms with Crippen LogP contribution < -0.4 is 4.74 Å². The molecular weight excluding hydrogens is 508 g/mol. The van der Waals surface area contributed by atoms with Crippen molar-refractivity contribution in [2.45, 2.75) is 33.1 Å². The van der Waals surface area contributed by atoms with E-state index in [9.17, 15) is 21.6 Å². The SMILES string of the molecule is Cc1ccc2c(c1)OC(=O)[C@]2(CC(S(=O)(=O)c1ccccc1)S(=O)(=O)c1ccccc1)c1ccccc1. The summed E-state index contributed by atoms with van der Waals surface area (Å²) in [6, 6.07) is 28.7. The Morgan fingerprint density at radius 1 is 0.703 bits per heavy atom. The molecule has 4 aromatic rings. The fourth-order valence-electron chi connectivity index (χ4n) is 4.83. The van der Waals surface area contributed by atoms with E-state index in [1.807, 2.05) is 6.92 Å². The Morgan fingerprint density at radius 2 is 1.19 bits per heavy atom. The minimum atomic E-state index is -4.47. The average molecular weight is 533 g/mol. The minimum absolute atomic E-state index is 0.141. The first kappa shape index (κ1) is 24.9. The molecule has 0 aliphatic carbocycles. The van der Waals surface area contributed by atoms with Crippen LogP contribution >= 0.6 is 0 Å². The van der Waals surface area contributed by atoms with Gasteiger partial charge in [-0.1, -0.05) is 78.9 Å². The fraction of sp³-hybridized carbons (Fsp3) is 0.138. The second-order valence-electron chi connectivity index (χ2n) is 9.01. The van der Waals surface area contributed by atoms with Gasteiger partial charge in [0.2, 0.25) is 0 Å². The Balaban J connectivity index is 1.79. The molecule has 0 amide bonds. The number of rotatable bonds is 7. The highest BCUT2D eigenvalue weighted by Gasteiger charge is 2.56. The van der Waals surface area contributed by atoms with Crippen LogP contribution in [0.15, 0.2) is 119 Å². The molecule has 0 aromatic heterocycles. The monoisotopic (exact) mass is 532 g/mol. The number of aryl methyl sites for hydroxylation is 1. The van der Waals surface area contributed by atoms with Crippen molar-refractivity contribution in [3.05, 3.63) is 126 Å². The van der Waals surface area contributed by atoms with E-state index in [0.29, 0.717) is 16.9 Å². The summed E-state index contributed by atoms with van der Waals surface area (Å²) in [7, 11) is -8.94. The van der Waals surface area contributed by atoms with Gasteiger partial charge >= 0.3 is 5.97 Å². The molecule has 37 heavy (non-hydrogen) atoms. The number of fused-ring (bicyclic) bond motifs is 1. The van der Waals surface area contributed by atoms with E-state index in [4.69, 9.17) is 4.74 Å². The molecule has 188 valence electrons. The number of ether oxygens (including phenoxy) is 1. The number of hydrogen-bond donors (Lipinski definition) is 0. The third kappa shape index (κ3) is 4.16. The highest BCUT2D eigenvalue weighted by molar-refractivity contribution is 8.09. The van der Waals surface area contributed by atoms with E-state index in [-0.39, 0.29) is 9.79 Å². The molecule has 0 bridgehead atoms. The fourth-order valence-corrected chi connectivity index (χ4v) is 9.45. The first-order valence-electron chi connectivity index (χ1n) is 11.6. The van der Waals surface area contributed by atoms with Crippen LogP contribution in [0.5, 0.6) is 5.75 Å². The summed E-state index contributed by atoms with van der Waals surface area (Å²) in [5.41, 5.74) is 0.0873. The van der Waals surface area contributed by atoms with Gasteiger partial charge in [0.1, 0.15) is 11.2 Å². The molecule has 5 rings (SSSR count). The lowest BCUT2D eigenvalue weighted by Crippen LogP contribution is -2.43. The highest BCUT2D eigenvalue weighted by atomic mass is 32.3. The largest absolute Gasteiger partial charge is 0.425 e. The zero-order valence-corrected chi connectivity index (χ0v) is 21.6. The van der Waals surface area contributed by atoms with Crippen LogP contribution in [0.25, 0.3) is 0 Å². The van der Waals surface area contributed by atoms with Crippen molar-refractivity contribution < 1.29 is 26.4 Å². The zero-order valence-electron chi connectivity index (χ0n) is 19.9. The van der Waals surface area contributed by atoms with Crippen LogP contribution in [0.2, 0.25) is 0 Å². The number of esters is 1. The lowest BCUT2D eigenvalue weighted by molar-refractivity contribution is -0.137. The standard InChI is InChI=1S/C29H24O6S2/c1-21-17-18-25-26(19-21)35-28(30)29(25,22-11-5-2-6-12-22)20-27(36(31,32)23-13-7-3-8-14-23)37(33,34)24-15-9-4-10-16-24/h2-19,27H,20H2,1H3/t29-/m1/s1. The van der Waals surface area contributed by atoms with Gasteiger partial charge in [-0.15, -0.1) is 0 Å². The number of benzene rings is 4. The maximum Gasteiger partial charge on any atom is 0.326 e. The van der Waals surface area contributed by atoms with Gasteiger partial charge in [0.05, 0.1) is 9.79 Å². The summed E-state index contributed by atoms with van der Waals surface area (Å²) < 4.78 is 59.9. The van der Waals surface area contributed by atoms with Gasteiger partial charge in [-0.2, -0.15) is 0 Å². The number of sulfone groups is 2. The van der Waals surface area contributed by atoms with Gasteiger partial charge in [-0.3, -0.25) is 4.79 Å². The third-order valence-electron chi connectivity index (χ3n) is 6.72. The van der Waals surface area contributed by atoms with Crippen molar-refractivity contribution in [1.82, 2.24) is 0 Å². The Hall–Kier alpha value is -3.75. The van der Waals surface area contributed by atoms with Crippen LogP contribution in [0.1, 0.15) is 23.1 Å². The minimum Gasteiger partial charge on any atom is -0.425 e. The van der Waals surface area contributed by atoms with E-state index in [1.165, 1.54) is 48.5 Å². The van der Waals surface area contributed by atoms with Crippen LogP contribution in [0, 0.1) is 6.92 Å². The number of hydrogen-bond acceptors (Lipinski definition) is 6. The molecule has 8 heteroatoms. The van der Waals surface area contributed by atoms with Crippen LogP contribution in [0.3, 0.4) is 0 Å². The summed E-state index contributed by atoms with van der Waals surface area (Å²) in [5, 5.41) is 0. The van der Waals surface area contributed by atoms with Crippen molar-refractivity contribution in [3.63, 3.8) is 0 Å². The van der Waals surface area contributed by atoms with Crippen molar-refractivity contribution in [2.75, 3.05) is 0 Å². The Labute approximate surface area is 216 Å². The maximum absolute atomic E-state index is 14.1. The molecule has 0 spiro atoms. The molecular formula is C29H24O6S2. The van der Waals surface area contributed by atoms with Crippen LogP contribution in [-0.2, 0) is 29.9 Å². The lowest BCUT2D eigenvalue weighted by Gasteiger charge is -2.31. The maximum atomic E-state index is 14.1. The van der Waals surface area contributed by atoms with E-state index in [2.05, 4.69) is 0 Å². The smallest absolute Gasteiger partial charge is 0.326 e. The van der Waals surface area contributed by atoms with Gasteiger partial charge in [0.25, 0.3) is 0 Å². The van der Waals surface area contributed by atoms with Crippen molar-refractivity contribution in [2.24, 2.45) is 0 Å². The molecule has 1 heterocycles. The van der Waals surface area contributed by atoms with Gasteiger partial charge < -0.3 is 4.74 Å². The summed E-state index contributed by atoms with van der Waals surface area (Å²) in [4.78, 5) is 13.4. The Kier molecular flexibility index (Phi) is 6.25. The third-order valence-corrected chi connectivity index (χ3v) is 11.8. The Morgan fingerprint density at radius 3 is 1.70 bits per heavy atom. The lowest BCUT2D eigenvalue weighted by atomic mass is 9.73. The topological polar surface area (TPSA) is 94.6 Å². The molecule has 1 aliphatic rings. The van der Waals surface area contributed by atoms with Crippen LogP contribution in [-0.4, -0.2) is 27.4 Å². The average Bonchev–Trinajstić information content (AvgIpc) is 3.19. The molecule has 0 fully saturated rings. The summed E-state index contributed by atoms with van der Waals surface area (Å²) >= 11 is 0. The quantitative estimate of drug-likeness (QED) is 0.249. The second kappa shape index (κ2) is 9.28. The number of carbonyl (C=O) groups excluding carboxylic acids is 1. The molecule has 1 atom stereocenters. The molecule has 0 radical (unpaired) electrons. The molecule has 0 saturated heterocycles. The normalized spacial score (nSPS) is 17.4. The van der Waals surface area contributed by atoms with Gasteiger partial charge in [0.15, 0.2) is 24.3 Å². The first-order chi connectivity index (χ1) is 17.7. The van der Waals surface area contributed by atoms with Gasteiger partial charge in [-0.25, -0.2) is 16.8 Å².